The van der Waals surface area contributed by atoms with Crippen molar-refractivity contribution in [3.05, 3.63) is 65.5 Å². The van der Waals surface area contributed by atoms with E-state index in [-0.39, 0.29) is 34.7 Å². The summed E-state index contributed by atoms with van der Waals surface area (Å²) in [5.41, 5.74) is -0.271. The summed E-state index contributed by atoms with van der Waals surface area (Å²) < 4.78 is 74.0. The Morgan fingerprint density at radius 1 is 1.18 bits per heavy atom. The molecule has 0 bridgehead atoms. The molecular formula is C25H28AsF3N6O4S. The van der Waals surface area contributed by atoms with Gasteiger partial charge in [0.15, 0.2) is 0 Å². The van der Waals surface area contributed by atoms with Crippen LogP contribution < -0.4 is 24.3 Å². The molecule has 1 amide bonds. The van der Waals surface area contributed by atoms with E-state index in [0.717, 1.165) is 23.4 Å². The molecule has 3 heterocycles. The zero-order valence-corrected chi connectivity index (χ0v) is 24.4. The Morgan fingerprint density at radius 2 is 2.00 bits per heavy atom. The van der Waals surface area contributed by atoms with Crippen LogP contribution in [-0.4, -0.2) is 70.0 Å². The van der Waals surface area contributed by atoms with Crippen molar-refractivity contribution >= 4 is 52.3 Å². The van der Waals surface area contributed by atoms with Gasteiger partial charge in [-0.1, -0.05) is 0 Å². The molecule has 1 aromatic carbocycles. The minimum atomic E-state index is -4.72. The van der Waals surface area contributed by atoms with Gasteiger partial charge in [-0.15, -0.1) is 0 Å². The first-order valence-electron chi connectivity index (χ1n) is 12.4. The number of rotatable bonds is 10. The molecule has 4 rings (SSSR count). The first-order valence-corrected chi connectivity index (χ1v) is 16.2. The van der Waals surface area contributed by atoms with Gasteiger partial charge in [0, 0.05) is 0 Å². The fourth-order valence-corrected chi connectivity index (χ4v) is 6.49. The summed E-state index contributed by atoms with van der Waals surface area (Å²) in [5.74, 6) is -0.847. The van der Waals surface area contributed by atoms with Crippen LogP contribution in [0.2, 0.25) is 0 Å². The van der Waals surface area contributed by atoms with E-state index in [9.17, 15) is 26.4 Å². The molecule has 1 fully saturated rings. The van der Waals surface area contributed by atoms with Crippen molar-refractivity contribution in [3.8, 4) is 0 Å². The molecule has 3 N–H and O–H groups in total. The standard InChI is InChI=1S/C25H28AsF3N6O4S/c1-2-40(37,38)35-21-17(7-4-10-30-21)13-31-22-20(25(27,28)29)14-32-24(34-22)26-18-8-3-6-16(12-18)23(36)33-19-9-5-11-39-15-19/h3-4,6-8,10,12,14,19,26H,2,5,9,11,13,15H2,1H3,(H,30,35)(H,33,36)(H,31,32,34). The number of ether oxygens (including phenoxy) is 1. The number of aromatic nitrogens is 3. The van der Waals surface area contributed by atoms with Crippen LogP contribution >= 0.6 is 0 Å². The maximum atomic E-state index is 13.7. The molecule has 2 aromatic heterocycles. The predicted octanol–water partition coefficient (Wildman–Crippen LogP) is 1.56. The molecule has 40 heavy (non-hydrogen) atoms. The minimum absolute atomic E-state index is 0.0167. The predicted molar refractivity (Wildman–Crippen MR) is 146 cm³/mol. The number of anilines is 2. The van der Waals surface area contributed by atoms with E-state index in [1.807, 2.05) is 0 Å². The van der Waals surface area contributed by atoms with Crippen LogP contribution in [0, 0.1) is 0 Å². The molecule has 1 saturated heterocycles. The van der Waals surface area contributed by atoms with Gasteiger partial charge in [-0.2, -0.15) is 0 Å². The van der Waals surface area contributed by atoms with Gasteiger partial charge in [-0.25, -0.2) is 0 Å². The number of benzene rings is 1. The number of halogens is 3. The Kier molecular flexibility index (Phi) is 9.64. The number of nitrogens with zero attached hydrogens (tertiary/aromatic N) is 3. The molecule has 0 radical (unpaired) electrons. The van der Waals surface area contributed by atoms with Crippen molar-refractivity contribution < 1.29 is 31.1 Å². The van der Waals surface area contributed by atoms with Crippen molar-refractivity contribution in [1.29, 1.82) is 0 Å². The van der Waals surface area contributed by atoms with Crippen LogP contribution in [0.4, 0.5) is 24.8 Å². The fourth-order valence-electron chi connectivity index (χ4n) is 3.85. The molecule has 0 saturated carbocycles. The topological polar surface area (TPSA) is 135 Å². The molecule has 10 nitrogen and oxygen atoms in total. The van der Waals surface area contributed by atoms with Gasteiger partial charge >= 0.3 is 237 Å². The van der Waals surface area contributed by atoms with E-state index in [2.05, 4.69) is 30.3 Å². The van der Waals surface area contributed by atoms with Crippen LogP contribution in [0.1, 0.15) is 41.3 Å². The quantitative estimate of drug-likeness (QED) is 0.285. The van der Waals surface area contributed by atoms with Gasteiger partial charge in [0.2, 0.25) is 0 Å². The van der Waals surface area contributed by atoms with Crippen molar-refractivity contribution in [1.82, 2.24) is 20.3 Å². The summed E-state index contributed by atoms with van der Waals surface area (Å²) in [6.45, 7) is 2.42. The number of pyridine rings is 1. The average Bonchev–Trinajstić information content (AvgIpc) is 2.92. The summed E-state index contributed by atoms with van der Waals surface area (Å²) in [6, 6.07) is 9.92. The van der Waals surface area contributed by atoms with Crippen molar-refractivity contribution in [3.63, 3.8) is 0 Å². The Labute approximate surface area is 236 Å². The molecule has 0 spiro atoms. The number of nitrogens with one attached hydrogen (secondary N) is 3. The Bertz CT molecular complexity index is 1450. The third-order valence-electron chi connectivity index (χ3n) is 5.94. The molecule has 1 aliphatic rings. The number of amides is 1. The van der Waals surface area contributed by atoms with E-state index in [4.69, 9.17) is 4.74 Å². The van der Waals surface area contributed by atoms with Crippen LogP contribution in [-0.2, 0) is 27.5 Å². The van der Waals surface area contributed by atoms with Crippen LogP contribution in [0.3, 0.4) is 0 Å². The van der Waals surface area contributed by atoms with Gasteiger partial charge in [0.05, 0.1) is 0 Å². The maximum absolute atomic E-state index is 13.7. The van der Waals surface area contributed by atoms with Crippen molar-refractivity contribution in [2.45, 2.75) is 38.5 Å². The monoisotopic (exact) mass is 640 g/mol. The normalized spacial score (nSPS) is 16.1. The first-order chi connectivity index (χ1) is 19.0. The van der Waals surface area contributed by atoms with E-state index in [0.29, 0.717) is 24.3 Å². The number of hydrogen-bond donors (Lipinski definition) is 3. The third kappa shape index (κ3) is 8.15. The number of alkyl halides is 3. The molecule has 1 aliphatic heterocycles. The summed E-state index contributed by atoms with van der Waals surface area (Å²) in [6.07, 6.45) is -0.904. The Morgan fingerprint density at radius 3 is 2.73 bits per heavy atom. The summed E-state index contributed by atoms with van der Waals surface area (Å²) in [5, 5.41) is 5.63. The molecule has 0 aliphatic carbocycles. The van der Waals surface area contributed by atoms with E-state index < -0.39 is 43.3 Å². The fraction of sp³-hybridized carbons (Fsp3) is 0.360. The van der Waals surface area contributed by atoms with Crippen LogP contribution in [0.15, 0.2) is 48.8 Å². The summed E-state index contributed by atoms with van der Waals surface area (Å²) in [7, 11) is -3.64. The molecule has 2 atom stereocenters. The number of carbonyl (C=O) groups is 1. The SMILES string of the molecule is CCS(=O)(=O)Nc1ncccc1CNc1nc([AsH]c2cccc(C(=O)NC3CCCOC3)c2)ncc1C(F)(F)F. The van der Waals surface area contributed by atoms with Crippen LogP contribution in [0.25, 0.3) is 0 Å². The number of carbonyl (C=O) groups excluding carboxylic acids is 1. The second kappa shape index (κ2) is 13.0. The second-order valence-electron chi connectivity index (χ2n) is 8.92. The molecule has 15 heteroatoms. The van der Waals surface area contributed by atoms with Crippen molar-refractivity contribution in [2.75, 3.05) is 29.0 Å². The average molecular weight is 641 g/mol. The summed E-state index contributed by atoms with van der Waals surface area (Å²) >= 11 is -1.30. The van der Waals surface area contributed by atoms with E-state index >= 15 is 0 Å². The molecular weight excluding hydrogens is 612 g/mol. The zero-order chi connectivity index (χ0) is 28.8. The molecule has 3 aromatic rings. The summed E-state index contributed by atoms with van der Waals surface area (Å²) in [4.78, 5) is 24.9. The Hall–Kier alpha value is -3.22. The molecule has 2 unspecified atom stereocenters. The van der Waals surface area contributed by atoms with Crippen molar-refractivity contribution in [2.24, 2.45) is 0 Å². The van der Waals surface area contributed by atoms with Gasteiger partial charge in [-0.3, -0.25) is 0 Å². The second-order valence-corrected chi connectivity index (χ2v) is 13.6. The zero-order valence-electron chi connectivity index (χ0n) is 21.5. The first kappa shape index (κ1) is 29.8. The number of hydrogen-bond acceptors (Lipinski definition) is 8. The van der Waals surface area contributed by atoms with E-state index in [1.54, 1.807) is 36.4 Å². The number of sulfonamides is 1. The molecule has 214 valence electrons. The Balaban J connectivity index is 1.52. The van der Waals surface area contributed by atoms with Gasteiger partial charge in [0.1, 0.15) is 0 Å². The van der Waals surface area contributed by atoms with Gasteiger partial charge in [0.25, 0.3) is 0 Å². The van der Waals surface area contributed by atoms with E-state index in [1.165, 1.54) is 13.1 Å². The third-order valence-corrected chi connectivity index (χ3v) is 9.44. The van der Waals surface area contributed by atoms with Gasteiger partial charge in [-0.05, 0) is 0 Å². The van der Waals surface area contributed by atoms with Crippen LogP contribution in [0.5, 0.6) is 0 Å². The van der Waals surface area contributed by atoms with Gasteiger partial charge < -0.3 is 0 Å².